The molecule has 1 aliphatic heterocycles. The van der Waals surface area contributed by atoms with Crippen molar-refractivity contribution in [3.05, 3.63) is 59.2 Å². The molecule has 132 valence electrons. The number of benzene rings is 2. The summed E-state index contributed by atoms with van der Waals surface area (Å²) in [5.74, 6) is 0.115. The second kappa shape index (κ2) is 7.70. The first-order valence-electron chi connectivity index (χ1n) is 9.04. The van der Waals surface area contributed by atoms with Gasteiger partial charge in [0, 0.05) is 31.9 Å². The highest BCUT2D eigenvalue weighted by Gasteiger charge is 2.23. The van der Waals surface area contributed by atoms with Gasteiger partial charge in [-0.3, -0.25) is 4.79 Å². The van der Waals surface area contributed by atoms with Crippen LogP contribution in [0, 0.1) is 13.8 Å². The lowest BCUT2D eigenvalue weighted by atomic mass is 10.1. The van der Waals surface area contributed by atoms with Gasteiger partial charge in [-0.05, 0) is 49.7 Å². The zero-order chi connectivity index (χ0) is 17.8. The van der Waals surface area contributed by atoms with Crippen LogP contribution >= 0.6 is 0 Å². The van der Waals surface area contributed by atoms with Crippen LogP contribution in [0.4, 0.5) is 11.4 Å². The average molecular weight is 337 g/mol. The second-order valence-corrected chi connectivity index (χ2v) is 6.64. The Morgan fingerprint density at radius 3 is 2.36 bits per heavy atom. The molecule has 1 aliphatic rings. The number of rotatable bonds is 4. The predicted molar refractivity (Wildman–Crippen MR) is 104 cm³/mol. The summed E-state index contributed by atoms with van der Waals surface area (Å²) in [5.41, 5.74) is 5.12. The minimum absolute atomic E-state index is 0.115. The zero-order valence-electron chi connectivity index (χ0n) is 15.4. The van der Waals surface area contributed by atoms with Gasteiger partial charge >= 0.3 is 0 Å². The Bertz CT molecular complexity index is 749. The molecule has 4 nitrogen and oxygen atoms in total. The molecule has 1 heterocycles. The van der Waals surface area contributed by atoms with E-state index in [0.29, 0.717) is 0 Å². The molecule has 0 unspecified atom stereocenters. The summed E-state index contributed by atoms with van der Waals surface area (Å²) in [6.45, 7) is 10.9. The van der Waals surface area contributed by atoms with E-state index in [1.807, 2.05) is 35.2 Å². The van der Waals surface area contributed by atoms with E-state index in [9.17, 15) is 4.79 Å². The minimum Gasteiger partial charge on any atom is -0.355 e. The van der Waals surface area contributed by atoms with Crippen molar-refractivity contribution in [2.45, 2.75) is 20.8 Å². The molecule has 25 heavy (non-hydrogen) atoms. The number of aryl methyl sites for hydroxylation is 1. The van der Waals surface area contributed by atoms with E-state index < -0.39 is 0 Å². The molecule has 0 aliphatic carbocycles. The summed E-state index contributed by atoms with van der Waals surface area (Å²) in [5, 5.41) is 3.46. The molecule has 0 radical (unpaired) electrons. The fourth-order valence-electron chi connectivity index (χ4n) is 3.25. The van der Waals surface area contributed by atoms with E-state index in [2.05, 4.69) is 43.1 Å². The largest absolute Gasteiger partial charge is 0.355 e. The Balaban J connectivity index is 1.81. The third-order valence-electron chi connectivity index (χ3n) is 5.14. The number of nitrogens with one attached hydrogen (secondary N) is 1. The molecule has 1 fully saturated rings. The summed E-state index contributed by atoms with van der Waals surface area (Å²) in [4.78, 5) is 17.4. The molecule has 0 spiro atoms. The maximum absolute atomic E-state index is 13.0. The molecule has 2 aromatic rings. The first kappa shape index (κ1) is 17.5. The Kier molecular flexibility index (Phi) is 5.39. The van der Waals surface area contributed by atoms with Crippen LogP contribution in [-0.4, -0.2) is 48.4 Å². The number of amides is 1. The molecular formula is C21H27N3O. The normalized spacial score (nSPS) is 15.2. The van der Waals surface area contributed by atoms with E-state index in [4.69, 9.17) is 0 Å². The maximum atomic E-state index is 13.0. The fraction of sp³-hybridized carbons (Fsp3) is 0.381. The van der Waals surface area contributed by atoms with Gasteiger partial charge in [-0.1, -0.05) is 31.2 Å². The Hall–Kier alpha value is -2.33. The maximum Gasteiger partial charge on any atom is 0.256 e. The van der Waals surface area contributed by atoms with Crippen LogP contribution in [0.15, 0.2) is 42.5 Å². The van der Waals surface area contributed by atoms with Gasteiger partial charge in [0.15, 0.2) is 0 Å². The van der Waals surface area contributed by atoms with Gasteiger partial charge in [0.2, 0.25) is 0 Å². The summed E-state index contributed by atoms with van der Waals surface area (Å²) in [7, 11) is 0. The van der Waals surface area contributed by atoms with Gasteiger partial charge in [0.05, 0.1) is 11.3 Å². The number of carbonyl (C=O) groups excluding carboxylic acids is 1. The SMILES string of the molecule is CCN1CCN(C(=O)c2ccccc2Nc2cccc(C)c2C)CC1. The van der Waals surface area contributed by atoms with Gasteiger partial charge in [0.1, 0.15) is 0 Å². The van der Waals surface area contributed by atoms with Crippen LogP contribution in [0.3, 0.4) is 0 Å². The summed E-state index contributed by atoms with van der Waals surface area (Å²) >= 11 is 0. The summed E-state index contributed by atoms with van der Waals surface area (Å²) in [6, 6.07) is 14.0. The number of para-hydroxylation sites is 1. The number of hydrogen-bond donors (Lipinski definition) is 1. The first-order chi connectivity index (χ1) is 12.1. The quantitative estimate of drug-likeness (QED) is 0.921. The molecule has 0 saturated carbocycles. The average Bonchev–Trinajstić information content (AvgIpc) is 2.65. The van der Waals surface area contributed by atoms with Crippen molar-refractivity contribution >= 4 is 17.3 Å². The van der Waals surface area contributed by atoms with Crippen molar-refractivity contribution in [3.63, 3.8) is 0 Å². The molecular weight excluding hydrogens is 310 g/mol. The third kappa shape index (κ3) is 3.85. The van der Waals surface area contributed by atoms with E-state index in [1.165, 1.54) is 11.1 Å². The van der Waals surface area contributed by atoms with Gasteiger partial charge in [0.25, 0.3) is 5.91 Å². The van der Waals surface area contributed by atoms with E-state index in [1.54, 1.807) is 0 Å². The highest BCUT2D eigenvalue weighted by Crippen LogP contribution is 2.26. The highest BCUT2D eigenvalue weighted by atomic mass is 16.2. The van der Waals surface area contributed by atoms with Crippen LogP contribution in [0.2, 0.25) is 0 Å². The molecule has 1 saturated heterocycles. The van der Waals surface area contributed by atoms with Crippen LogP contribution in [0.25, 0.3) is 0 Å². The van der Waals surface area contributed by atoms with E-state index in [-0.39, 0.29) is 5.91 Å². The third-order valence-corrected chi connectivity index (χ3v) is 5.14. The molecule has 0 aromatic heterocycles. The molecule has 4 heteroatoms. The minimum atomic E-state index is 0.115. The smallest absolute Gasteiger partial charge is 0.256 e. The van der Waals surface area contributed by atoms with Gasteiger partial charge in [-0.15, -0.1) is 0 Å². The monoisotopic (exact) mass is 337 g/mol. The number of likely N-dealkylation sites (N-methyl/N-ethyl adjacent to an activating group) is 1. The van der Waals surface area contributed by atoms with Crippen molar-refractivity contribution in [2.24, 2.45) is 0 Å². The second-order valence-electron chi connectivity index (χ2n) is 6.64. The van der Waals surface area contributed by atoms with Crippen LogP contribution in [0.1, 0.15) is 28.4 Å². The van der Waals surface area contributed by atoms with Crippen molar-refractivity contribution < 1.29 is 4.79 Å². The summed E-state index contributed by atoms with van der Waals surface area (Å²) in [6.07, 6.45) is 0. The van der Waals surface area contributed by atoms with Crippen LogP contribution in [0.5, 0.6) is 0 Å². The van der Waals surface area contributed by atoms with Crippen molar-refractivity contribution in [1.29, 1.82) is 0 Å². The molecule has 3 rings (SSSR count). The fourth-order valence-corrected chi connectivity index (χ4v) is 3.25. The number of anilines is 2. The standard InChI is InChI=1S/C21H27N3O/c1-4-23-12-14-24(15-13-23)21(25)18-9-5-6-10-20(18)22-19-11-7-8-16(2)17(19)3/h5-11,22H,4,12-15H2,1-3H3. The topological polar surface area (TPSA) is 35.6 Å². The Morgan fingerprint density at radius 1 is 0.960 bits per heavy atom. The number of hydrogen-bond acceptors (Lipinski definition) is 3. The van der Waals surface area contributed by atoms with E-state index in [0.717, 1.165) is 49.7 Å². The van der Waals surface area contributed by atoms with Gasteiger partial charge < -0.3 is 15.1 Å². The number of carbonyl (C=O) groups is 1. The molecule has 0 bridgehead atoms. The number of nitrogens with zero attached hydrogens (tertiary/aromatic N) is 2. The molecule has 2 aromatic carbocycles. The first-order valence-corrected chi connectivity index (χ1v) is 9.04. The lowest BCUT2D eigenvalue weighted by molar-refractivity contribution is 0.0644. The molecule has 1 N–H and O–H groups in total. The van der Waals surface area contributed by atoms with E-state index >= 15 is 0 Å². The lowest BCUT2D eigenvalue weighted by Gasteiger charge is -2.34. The highest BCUT2D eigenvalue weighted by molar-refractivity contribution is 6.00. The van der Waals surface area contributed by atoms with Gasteiger partial charge in [-0.25, -0.2) is 0 Å². The molecule has 1 amide bonds. The van der Waals surface area contributed by atoms with Crippen LogP contribution < -0.4 is 5.32 Å². The zero-order valence-corrected chi connectivity index (χ0v) is 15.4. The Labute approximate surface area is 150 Å². The van der Waals surface area contributed by atoms with Crippen LogP contribution in [-0.2, 0) is 0 Å². The predicted octanol–water partition coefficient (Wildman–Crippen LogP) is 3.82. The number of piperazine rings is 1. The van der Waals surface area contributed by atoms with Gasteiger partial charge in [-0.2, -0.15) is 0 Å². The lowest BCUT2D eigenvalue weighted by Crippen LogP contribution is -2.48. The van der Waals surface area contributed by atoms with Crippen molar-refractivity contribution in [2.75, 3.05) is 38.0 Å². The van der Waals surface area contributed by atoms with Crippen molar-refractivity contribution in [3.8, 4) is 0 Å². The van der Waals surface area contributed by atoms with Crippen molar-refractivity contribution in [1.82, 2.24) is 9.80 Å². The summed E-state index contributed by atoms with van der Waals surface area (Å²) < 4.78 is 0. The molecule has 0 atom stereocenters. The Morgan fingerprint density at radius 2 is 1.64 bits per heavy atom.